The standard InChI is InChI=1S/C15H23NO3S2/c1-11(17)16-10-14(13-20-6-3-7-21-13)4-2-5-15(16,9-14)8-12(18)19/h13H,2-10H2,1H3,(H,18,19). The summed E-state index contributed by atoms with van der Waals surface area (Å²) in [6, 6.07) is 0. The van der Waals surface area contributed by atoms with Crippen LogP contribution in [0.15, 0.2) is 0 Å². The Balaban J connectivity index is 1.90. The number of carboxylic acids is 1. The summed E-state index contributed by atoms with van der Waals surface area (Å²) in [7, 11) is 0. The number of carbonyl (C=O) groups excluding carboxylic acids is 1. The molecular formula is C15H23NO3S2. The van der Waals surface area contributed by atoms with Crippen LogP contribution in [0.4, 0.5) is 0 Å². The van der Waals surface area contributed by atoms with Crippen molar-refractivity contribution in [1.82, 2.24) is 4.90 Å². The first-order valence-electron chi connectivity index (χ1n) is 7.71. The Kier molecular flexibility index (Phi) is 4.21. The van der Waals surface area contributed by atoms with E-state index in [0.717, 1.165) is 32.2 Å². The topological polar surface area (TPSA) is 57.6 Å². The van der Waals surface area contributed by atoms with Crippen LogP contribution in [-0.2, 0) is 9.59 Å². The number of carbonyl (C=O) groups is 2. The molecule has 1 amide bonds. The van der Waals surface area contributed by atoms with Crippen molar-refractivity contribution in [3.05, 3.63) is 0 Å². The van der Waals surface area contributed by atoms with Crippen molar-refractivity contribution in [1.29, 1.82) is 0 Å². The minimum Gasteiger partial charge on any atom is -0.481 e. The molecule has 0 spiro atoms. The van der Waals surface area contributed by atoms with E-state index in [2.05, 4.69) is 0 Å². The van der Waals surface area contributed by atoms with Gasteiger partial charge in [0.15, 0.2) is 0 Å². The Morgan fingerprint density at radius 1 is 1.24 bits per heavy atom. The number of amides is 1. The Bertz CT molecular complexity index is 452. The highest BCUT2D eigenvalue weighted by Gasteiger charge is 2.60. The van der Waals surface area contributed by atoms with Crippen LogP contribution in [0.3, 0.4) is 0 Å². The zero-order valence-corrected chi connectivity index (χ0v) is 14.1. The number of rotatable bonds is 3. The summed E-state index contributed by atoms with van der Waals surface area (Å²) in [6.45, 7) is 2.36. The highest BCUT2D eigenvalue weighted by Crippen LogP contribution is 2.60. The van der Waals surface area contributed by atoms with Crippen molar-refractivity contribution >= 4 is 35.4 Å². The van der Waals surface area contributed by atoms with Gasteiger partial charge >= 0.3 is 5.97 Å². The van der Waals surface area contributed by atoms with E-state index >= 15 is 0 Å². The summed E-state index contributed by atoms with van der Waals surface area (Å²) in [5.41, 5.74) is -0.288. The summed E-state index contributed by atoms with van der Waals surface area (Å²) in [5.74, 6) is 1.67. The molecule has 1 saturated carbocycles. The van der Waals surface area contributed by atoms with Crippen LogP contribution >= 0.6 is 23.5 Å². The number of thioether (sulfide) groups is 2. The summed E-state index contributed by atoms with van der Waals surface area (Å²) in [6.07, 6.45) is 5.30. The highest BCUT2D eigenvalue weighted by atomic mass is 32.2. The molecule has 0 radical (unpaired) electrons. The molecule has 6 heteroatoms. The molecule has 2 unspecified atom stereocenters. The van der Waals surface area contributed by atoms with E-state index in [0.29, 0.717) is 4.58 Å². The Labute approximate surface area is 134 Å². The number of fused-ring (bicyclic) bond motifs is 2. The maximum Gasteiger partial charge on any atom is 0.305 e. The minimum absolute atomic E-state index is 0.0471. The van der Waals surface area contributed by atoms with Crippen molar-refractivity contribution in [3.63, 3.8) is 0 Å². The molecule has 0 aromatic rings. The molecule has 2 atom stereocenters. The molecule has 1 aliphatic carbocycles. The first kappa shape index (κ1) is 15.5. The summed E-state index contributed by atoms with van der Waals surface area (Å²) in [4.78, 5) is 25.4. The van der Waals surface area contributed by atoms with Crippen molar-refractivity contribution < 1.29 is 14.7 Å². The molecule has 2 aliphatic heterocycles. The first-order chi connectivity index (χ1) is 9.97. The summed E-state index contributed by atoms with van der Waals surface area (Å²) < 4.78 is 0.532. The van der Waals surface area contributed by atoms with Crippen LogP contribution in [0.2, 0.25) is 0 Å². The quantitative estimate of drug-likeness (QED) is 0.863. The van der Waals surface area contributed by atoms with Gasteiger partial charge in [-0.1, -0.05) is 6.42 Å². The number of hydrogen-bond acceptors (Lipinski definition) is 4. The van der Waals surface area contributed by atoms with Gasteiger partial charge in [0.05, 0.1) is 16.5 Å². The van der Waals surface area contributed by atoms with Gasteiger partial charge in [0, 0.05) is 18.9 Å². The van der Waals surface area contributed by atoms with Gasteiger partial charge in [0.25, 0.3) is 0 Å². The number of likely N-dealkylation sites (tertiary alicyclic amines) is 1. The van der Waals surface area contributed by atoms with Crippen LogP contribution < -0.4 is 0 Å². The first-order valence-corrected chi connectivity index (χ1v) is 9.81. The van der Waals surface area contributed by atoms with Gasteiger partial charge in [-0.05, 0) is 37.2 Å². The van der Waals surface area contributed by atoms with Gasteiger partial charge in [-0.25, -0.2) is 0 Å². The number of nitrogens with zero attached hydrogens (tertiary/aromatic N) is 1. The molecule has 21 heavy (non-hydrogen) atoms. The minimum atomic E-state index is -0.775. The van der Waals surface area contributed by atoms with Gasteiger partial charge in [0.1, 0.15) is 0 Å². The van der Waals surface area contributed by atoms with Gasteiger partial charge in [-0.2, -0.15) is 0 Å². The van der Waals surface area contributed by atoms with Crippen LogP contribution in [0.25, 0.3) is 0 Å². The highest BCUT2D eigenvalue weighted by molar-refractivity contribution is 8.17. The average molecular weight is 329 g/mol. The van der Waals surface area contributed by atoms with E-state index in [4.69, 9.17) is 0 Å². The fraction of sp³-hybridized carbons (Fsp3) is 0.867. The van der Waals surface area contributed by atoms with Crippen molar-refractivity contribution in [2.75, 3.05) is 18.1 Å². The molecule has 2 bridgehead atoms. The van der Waals surface area contributed by atoms with Gasteiger partial charge in [-0.3, -0.25) is 9.59 Å². The lowest BCUT2D eigenvalue weighted by Crippen LogP contribution is -2.48. The predicted octanol–water partition coefficient (Wildman–Crippen LogP) is 2.82. The van der Waals surface area contributed by atoms with Gasteiger partial charge in [0.2, 0.25) is 5.91 Å². The second kappa shape index (κ2) is 5.69. The lowest BCUT2D eigenvalue weighted by molar-refractivity contribution is -0.143. The Morgan fingerprint density at radius 3 is 2.57 bits per heavy atom. The average Bonchev–Trinajstić information content (AvgIpc) is 2.67. The SMILES string of the molecule is CC(=O)N1CC2(C3SCCCS3)CCCC1(CC(=O)O)C2. The lowest BCUT2D eigenvalue weighted by atomic mass is 9.70. The fourth-order valence-electron chi connectivity index (χ4n) is 4.54. The van der Waals surface area contributed by atoms with E-state index in [1.807, 2.05) is 28.4 Å². The molecule has 0 aromatic heterocycles. The third-order valence-electron chi connectivity index (χ3n) is 5.23. The predicted molar refractivity (Wildman–Crippen MR) is 86.6 cm³/mol. The smallest absolute Gasteiger partial charge is 0.305 e. The number of hydrogen-bond donors (Lipinski definition) is 1. The second-order valence-electron chi connectivity index (χ2n) is 6.72. The fourth-order valence-corrected chi connectivity index (χ4v) is 7.99. The van der Waals surface area contributed by atoms with Crippen LogP contribution in [0, 0.1) is 5.41 Å². The van der Waals surface area contributed by atoms with Crippen LogP contribution in [0.5, 0.6) is 0 Å². The van der Waals surface area contributed by atoms with E-state index in [1.54, 1.807) is 6.92 Å². The third-order valence-corrected chi connectivity index (χ3v) is 8.70. The molecule has 1 N–H and O–H groups in total. The molecule has 2 saturated heterocycles. The molecule has 2 heterocycles. The largest absolute Gasteiger partial charge is 0.481 e. The zero-order valence-electron chi connectivity index (χ0n) is 12.5. The van der Waals surface area contributed by atoms with Crippen LogP contribution in [-0.4, -0.2) is 50.1 Å². The maximum absolute atomic E-state index is 12.1. The summed E-state index contributed by atoms with van der Waals surface area (Å²) in [5, 5.41) is 9.33. The van der Waals surface area contributed by atoms with Crippen molar-refractivity contribution in [3.8, 4) is 0 Å². The zero-order chi connectivity index (χ0) is 15.1. The second-order valence-corrected chi connectivity index (χ2v) is 9.44. The molecule has 3 rings (SSSR count). The molecule has 4 nitrogen and oxygen atoms in total. The summed E-state index contributed by atoms with van der Waals surface area (Å²) >= 11 is 4.06. The molecule has 3 fully saturated rings. The van der Waals surface area contributed by atoms with E-state index in [9.17, 15) is 14.7 Å². The van der Waals surface area contributed by atoms with E-state index in [-0.39, 0.29) is 17.7 Å². The molecule has 0 aromatic carbocycles. The van der Waals surface area contributed by atoms with Crippen molar-refractivity contribution in [2.45, 2.75) is 55.6 Å². The van der Waals surface area contributed by atoms with Crippen molar-refractivity contribution in [2.24, 2.45) is 5.41 Å². The van der Waals surface area contributed by atoms with Gasteiger partial charge in [-0.15, -0.1) is 23.5 Å². The Hall–Kier alpha value is -0.360. The molecule has 118 valence electrons. The number of aliphatic carboxylic acids is 1. The lowest BCUT2D eigenvalue weighted by Gasteiger charge is -2.43. The molecule has 3 aliphatic rings. The third kappa shape index (κ3) is 2.69. The van der Waals surface area contributed by atoms with Gasteiger partial charge < -0.3 is 10.0 Å². The normalized spacial score (nSPS) is 36.7. The van der Waals surface area contributed by atoms with E-state index < -0.39 is 11.5 Å². The van der Waals surface area contributed by atoms with E-state index in [1.165, 1.54) is 17.9 Å². The molecular weight excluding hydrogens is 306 g/mol. The monoisotopic (exact) mass is 329 g/mol. The van der Waals surface area contributed by atoms with Crippen LogP contribution in [0.1, 0.15) is 45.4 Å². The maximum atomic E-state index is 12.1. The Morgan fingerprint density at radius 2 is 1.95 bits per heavy atom. The number of carboxylic acid groups (broad SMARTS) is 1.